The average molecular weight is 322 g/mol. The molecule has 0 saturated carbocycles. The van der Waals surface area contributed by atoms with Crippen LogP contribution in [0.1, 0.15) is 23.7 Å². The van der Waals surface area contributed by atoms with Crippen LogP contribution in [-0.2, 0) is 19.1 Å². The summed E-state index contributed by atoms with van der Waals surface area (Å²) in [6, 6.07) is 6.39. The van der Waals surface area contributed by atoms with Crippen LogP contribution >= 0.6 is 0 Å². The Morgan fingerprint density at radius 2 is 1.96 bits per heavy atom. The summed E-state index contributed by atoms with van der Waals surface area (Å²) in [5.41, 5.74) is 0.782. The third-order valence-corrected chi connectivity index (χ3v) is 3.11. The number of carbonyl (C=O) groups is 3. The SMILES string of the molecule is COCCCNC(=O)CN(C(C)=O)c1cccc(C(=O)OC)c1. The van der Waals surface area contributed by atoms with E-state index in [0.717, 1.165) is 0 Å². The molecule has 7 heteroatoms. The van der Waals surface area contributed by atoms with Crippen LogP contribution in [0.2, 0.25) is 0 Å². The highest BCUT2D eigenvalue weighted by Gasteiger charge is 2.17. The molecule has 1 N–H and O–H groups in total. The number of hydrogen-bond acceptors (Lipinski definition) is 5. The maximum atomic E-state index is 11.9. The van der Waals surface area contributed by atoms with Gasteiger partial charge in [-0.3, -0.25) is 9.59 Å². The molecule has 0 spiro atoms. The molecule has 7 nitrogen and oxygen atoms in total. The van der Waals surface area contributed by atoms with Gasteiger partial charge < -0.3 is 19.7 Å². The van der Waals surface area contributed by atoms with E-state index in [1.165, 1.54) is 25.0 Å². The maximum absolute atomic E-state index is 11.9. The highest BCUT2D eigenvalue weighted by atomic mass is 16.5. The van der Waals surface area contributed by atoms with Gasteiger partial charge in [0, 0.05) is 32.9 Å². The van der Waals surface area contributed by atoms with Crippen LogP contribution < -0.4 is 10.2 Å². The third kappa shape index (κ3) is 6.07. The maximum Gasteiger partial charge on any atom is 0.337 e. The molecule has 0 aliphatic heterocycles. The van der Waals surface area contributed by atoms with Crippen molar-refractivity contribution in [3.63, 3.8) is 0 Å². The van der Waals surface area contributed by atoms with Crippen LogP contribution in [0.25, 0.3) is 0 Å². The normalized spacial score (nSPS) is 10.0. The number of nitrogens with one attached hydrogen (secondary N) is 1. The van der Waals surface area contributed by atoms with Crippen molar-refractivity contribution in [2.24, 2.45) is 0 Å². The quantitative estimate of drug-likeness (QED) is 0.569. The number of anilines is 1. The van der Waals surface area contributed by atoms with Gasteiger partial charge in [0.25, 0.3) is 0 Å². The number of methoxy groups -OCH3 is 2. The smallest absolute Gasteiger partial charge is 0.337 e. The number of hydrogen-bond donors (Lipinski definition) is 1. The van der Waals surface area contributed by atoms with E-state index in [0.29, 0.717) is 30.8 Å². The van der Waals surface area contributed by atoms with Gasteiger partial charge in [0.15, 0.2) is 0 Å². The number of benzene rings is 1. The van der Waals surface area contributed by atoms with Crippen LogP contribution in [0, 0.1) is 0 Å². The minimum absolute atomic E-state index is 0.118. The molecule has 0 saturated heterocycles. The van der Waals surface area contributed by atoms with Crippen molar-refractivity contribution in [2.75, 3.05) is 38.8 Å². The Kier molecular flexibility index (Phi) is 7.76. The van der Waals surface area contributed by atoms with Crippen LogP contribution in [0.4, 0.5) is 5.69 Å². The van der Waals surface area contributed by atoms with Gasteiger partial charge in [-0.15, -0.1) is 0 Å². The Hall–Kier alpha value is -2.41. The molecule has 0 unspecified atom stereocenters. The highest BCUT2D eigenvalue weighted by Crippen LogP contribution is 2.17. The topological polar surface area (TPSA) is 84.9 Å². The van der Waals surface area contributed by atoms with Gasteiger partial charge in [0.2, 0.25) is 11.8 Å². The summed E-state index contributed by atoms with van der Waals surface area (Å²) in [6.45, 7) is 2.27. The van der Waals surface area contributed by atoms with E-state index in [1.54, 1.807) is 25.3 Å². The largest absolute Gasteiger partial charge is 0.465 e. The number of amides is 2. The van der Waals surface area contributed by atoms with Crippen LogP contribution in [0.3, 0.4) is 0 Å². The fourth-order valence-corrected chi connectivity index (χ4v) is 1.95. The van der Waals surface area contributed by atoms with Crippen molar-refractivity contribution in [3.05, 3.63) is 29.8 Å². The van der Waals surface area contributed by atoms with E-state index in [1.807, 2.05) is 0 Å². The first-order valence-corrected chi connectivity index (χ1v) is 7.21. The Morgan fingerprint density at radius 3 is 2.57 bits per heavy atom. The summed E-state index contributed by atoms with van der Waals surface area (Å²) in [6.07, 6.45) is 0.695. The zero-order valence-electron chi connectivity index (χ0n) is 13.6. The van der Waals surface area contributed by atoms with E-state index in [-0.39, 0.29) is 18.4 Å². The number of ether oxygens (including phenoxy) is 2. The first-order chi connectivity index (χ1) is 11.0. The van der Waals surface area contributed by atoms with E-state index < -0.39 is 5.97 Å². The molecule has 2 amide bonds. The van der Waals surface area contributed by atoms with Gasteiger partial charge in [-0.2, -0.15) is 0 Å². The molecule has 0 bridgehead atoms. The first-order valence-electron chi connectivity index (χ1n) is 7.21. The lowest BCUT2D eigenvalue weighted by Gasteiger charge is -2.21. The summed E-state index contributed by atoms with van der Waals surface area (Å²) >= 11 is 0. The standard InChI is InChI=1S/C16H22N2O5/c1-12(19)18(11-15(20)17-8-5-9-22-2)14-7-4-6-13(10-14)16(21)23-3/h4,6-7,10H,5,8-9,11H2,1-3H3,(H,17,20). The highest BCUT2D eigenvalue weighted by molar-refractivity contribution is 5.99. The molecule has 1 aromatic rings. The summed E-state index contributed by atoms with van der Waals surface area (Å²) in [7, 11) is 2.87. The van der Waals surface area contributed by atoms with E-state index in [4.69, 9.17) is 4.74 Å². The molecule has 0 atom stereocenters. The number of nitrogens with zero attached hydrogens (tertiary/aromatic N) is 1. The molecule has 1 aromatic carbocycles. The van der Waals surface area contributed by atoms with E-state index >= 15 is 0 Å². The van der Waals surface area contributed by atoms with Crippen LogP contribution in [0.5, 0.6) is 0 Å². The lowest BCUT2D eigenvalue weighted by molar-refractivity contribution is -0.123. The first kappa shape index (κ1) is 18.6. The summed E-state index contributed by atoms with van der Waals surface area (Å²) in [5.74, 6) is -1.07. The number of esters is 1. The summed E-state index contributed by atoms with van der Waals surface area (Å²) in [4.78, 5) is 36.6. The molecule has 0 heterocycles. The summed E-state index contributed by atoms with van der Waals surface area (Å²) < 4.78 is 9.55. The Morgan fingerprint density at radius 1 is 1.22 bits per heavy atom. The Bertz CT molecular complexity index is 559. The van der Waals surface area contributed by atoms with Crippen molar-refractivity contribution < 1.29 is 23.9 Å². The van der Waals surface area contributed by atoms with Gasteiger partial charge in [-0.25, -0.2) is 4.79 Å². The second-order valence-corrected chi connectivity index (χ2v) is 4.84. The Balaban J connectivity index is 2.77. The average Bonchev–Trinajstić information content (AvgIpc) is 2.55. The van der Waals surface area contributed by atoms with E-state index in [9.17, 15) is 14.4 Å². The number of rotatable bonds is 8. The molecule has 0 aliphatic rings. The van der Waals surface area contributed by atoms with Crippen molar-refractivity contribution in [1.29, 1.82) is 0 Å². The van der Waals surface area contributed by atoms with Gasteiger partial charge in [-0.05, 0) is 24.6 Å². The van der Waals surface area contributed by atoms with Gasteiger partial charge in [0.1, 0.15) is 6.54 Å². The molecular weight excluding hydrogens is 300 g/mol. The van der Waals surface area contributed by atoms with Gasteiger partial charge >= 0.3 is 5.97 Å². The van der Waals surface area contributed by atoms with Crippen molar-refractivity contribution in [2.45, 2.75) is 13.3 Å². The minimum Gasteiger partial charge on any atom is -0.465 e. The van der Waals surface area contributed by atoms with Gasteiger partial charge in [-0.1, -0.05) is 6.07 Å². The molecule has 1 rings (SSSR count). The molecule has 0 radical (unpaired) electrons. The predicted molar refractivity (Wildman–Crippen MR) is 85.3 cm³/mol. The lowest BCUT2D eigenvalue weighted by Crippen LogP contribution is -2.40. The van der Waals surface area contributed by atoms with Crippen LogP contribution in [0.15, 0.2) is 24.3 Å². The minimum atomic E-state index is -0.501. The molecule has 0 aliphatic carbocycles. The van der Waals surface area contributed by atoms with Crippen LogP contribution in [-0.4, -0.2) is 51.7 Å². The second kappa shape index (κ2) is 9.58. The molecule has 0 fully saturated rings. The fraction of sp³-hybridized carbons (Fsp3) is 0.438. The zero-order chi connectivity index (χ0) is 17.2. The molecule has 0 aromatic heterocycles. The zero-order valence-corrected chi connectivity index (χ0v) is 13.6. The Labute approximate surface area is 135 Å². The monoisotopic (exact) mass is 322 g/mol. The third-order valence-electron chi connectivity index (χ3n) is 3.11. The second-order valence-electron chi connectivity index (χ2n) is 4.84. The van der Waals surface area contributed by atoms with Crippen molar-refractivity contribution >= 4 is 23.5 Å². The lowest BCUT2D eigenvalue weighted by atomic mass is 10.2. The molecular formula is C16H22N2O5. The fourth-order valence-electron chi connectivity index (χ4n) is 1.95. The number of carbonyl (C=O) groups excluding carboxylic acids is 3. The van der Waals surface area contributed by atoms with Crippen molar-refractivity contribution in [3.8, 4) is 0 Å². The van der Waals surface area contributed by atoms with E-state index in [2.05, 4.69) is 10.1 Å². The predicted octanol–water partition coefficient (Wildman–Crippen LogP) is 0.979. The molecule has 23 heavy (non-hydrogen) atoms. The summed E-state index contributed by atoms with van der Waals surface area (Å²) in [5, 5.41) is 2.72. The van der Waals surface area contributed by atoms with Gasteiger partial charge in [0.05, 0.1) is 12.7 Å². The van der Waals surface area contributed by atoms with Crippen molar-refractivity contribution in [1.82, 2.24) is 5.32 Å². The molecule has 126 valence electrons.